The Balaban J connectivity index is 2.01. The molecule has 0 fully saturated rings. The lowest BCUT2D eigenvalue weighted by Gasteiger charge is -2.17. The average Bonchev–Trinajstić information content (AvgIpc) is 2.55. The number of hydrogen-bond donors (Lipinski definition) is 1. The number of carbonyl (C=O) groups excluding carboxylic acids is 1. The van der Waals surface area contributed by atoms with Gasteiger partial charge in [0.15, 0.2) is 0 Å². The molecule has 0 radical (unpaired) electrons. The Kier molecular flexibility index (Phi) is 5.82. The number of alkyl halides is 2. The van der Waals surface area contributed by atoms with E-state index in [9.17, 15) is 4.79 Å². The second-order valence-electron chi connectivity index (χ2n) is 4.43. The summed E-state index contributed by atoms with van der Waals surface area (Å²) >= 11 is 7.01. The normalized spacial score (nSPS) is 13.3. The van der Waals surface area contributed by atoms with Gasteiger partial charge in [0.2, 0.25) is 5.91 Å². The summed E-state index contributed by atoms with van der Waals surface area (Å²) in [6.45, 7) is 0. The minimum atomic E-state index is -0.373. The lowest BCUT2D eigenvalue weighted by molar-refractivity contribution is -0.115. The molecule has 2 aromatic rings. The van der Waals surface area contributed by atoms with Crippen LogP contribution in [0.15, 0.2) is 54.6 Å². The molecule has 1 N–H and O–H groups in total. The SMILES string of the molecule is COc1ccc(NC(=O)[C@@H](Br)[C@@H](Br)c2ccccc2)cc1. The fraction of sp³-hybridized carbons (Fsp3) is 0.188. The maximum absolute atomic E-state index is 12.3. The van der Waals surface area contributed by atoms with Gasteiger partial charge in [-0.3, -0.25) is 4.79 Å². The highest BCUT2D eigenvalue weighted by Gasteiger charge is 2.24. The molecule has 0 aliphatic carbocycles. The Morgan fingerprint density at radius 3 is 2.24 bits per heavy atom. The number of nitrogens with one attached hydrogen (secondary N) is 1. The van der Waals surface area contributed by atoms with Gasteiger partial charge in [-0.15, -0.1) is 0 Å². The van der Waals surface area contributed by atoms with Crippen molar-refractivity contribution in [2.45, 2.75) is 9.65 Å². The standard InChI is InChI=1S/C16H15Br2NO2/c1-21-13-9-7-12(8-10-13)19-16(20)15(18)14(17)11-5-3-2-4-6-11/h2-10,14-15H,1H3,(H,19,20)/t14-,15-/m0/s1. The molecule has 1 amide bonds. The van der Waals surface area contributed by atoms with E-state index in [0.29, 0.717) is 0 Å². The minimum Gasteiger partial charge on any atom is -0.497 e. The molecular weight excluding hydrogens is 398 g/mol. The molecule has 110 valence electrons. The van der Waals surface area contributed by atoms with E-state index in [-0.39, 0.29) is 15.6 Å². The summed E-state index contributed by atoms with van der Waals surface area (Å²) in [7, 11) is 1.61. The van der Waals surface area contributed by atoms with Gasteiger partial charge in [0.05, 0.1) is 11.9 Å². The number of methoxy groups -OCH3 is 1. The van der Waals surface area contributed by atoms with Crippen LogP contribution in [-0.2, 0) is 4.79 Å². The summed E-state index contributed by atoms with van der Waals surface area (Å²) in [5.41, 5.74) is 1.78. The van der Waals surface area contributed by atoms with Gasteiger partial charge >= 0.3 is 0 Å². The Bertz CT molecular complexity index is 587. The first-order chi connectivity index (χ1) is 10.1. The Hall–Kier alpha value is -1.33. The summed E-state index contributed by atoms with van der Waals surface area (Å²) < 4.78 is 5.09. The molecule has 5 heteroatoms. The Labute approximate surface area is 141 Å². The molecule has 0 unspecified atom stereocenters. The highest BCUT2D eigenvalue weighted by molar-refractivity contribution is 9.12. The first kappa shape index (κ1) is 16.0. The van der Waals surface area contributed by atoms with Crippen molar-refractivity contribution in [3.8, 4) is 5.75 Å². The fourth-order valence-corrected chi connectivity index (χ4v) is 2.79. The van der Waals surface area contributed by atoms with Crippen molar-refractivity contribution >= 4 is 43.5 Å². The molecule has 2 aromatic carbocycles. The van der Waals surface area contributed by atoms with Crippen LogP contribution in [0.5, 0.6) is 5.75 Å². The quantitative estimate of drug-likeness (QED) is 0.732. The van der Waals surface area contributed by atoms with Crippen molar-refractivity contribution in [2.75, 3.05) is 12.4 Å². The van der Waals surface area contributed by atoms with Crippen LogP contribution in [0.25, 0.3) is 0 Å². The van der Waals surface area contributed by atoms with Crippen molar-refractivity contribution in [3.63, 3.8) is 0 Å². The lowest BCUT2D eigenvalue weighted by atomic mass is 10.1. The predicted molar refractivity (Wildman–Crippen MR) is 92.4 cm³/mol. The number of rotatable bonds is 5. The molecule has 0 aliphatic rings. The van der Waals surface area contributed by atoms with Crippen LogP contribution in [-0.4, -0.2) is 17.8 Å². The van der Waals surface area contributed by atoms with Crippen LogP contribution in [0.1, 0.15) is 10.4 Å². The average molecular weight is 413 g/mol. The monoisotopic (exact) mass is 411 g/mol. The van der Waals surface area contributed by atoms with Crippen LogP contribution in [0.3, 0.4) is 0 Å². The zero-order valence-electron chi connectivity index (χ0n) is 11.4. The van der Waals surface area contributed by atoms with Gasteiger partial charge in [-0.2, -0.15) is 0 Å². The molecule has 0 aromatic heterocycles. The summed E-state index contributed by atoms with van der Waals surface area (Å²) in [5, 5.41) is 2.87. The fourth-order valence-electron chi connectivity index (χ4n) is 1.82. The number of amides is 1. The topological polar surface area (TPSA) is 38.3 Å². The molecule has 3 nitrogen and oxygen atoms in total. The van der Waals surface area contributed by atoms with E-state index in [2.05, 4.69) is 37.2 Å². The largest absolute Gasteiger partial charge is 0.497 e. The summed E-state index contributed by atoms with van der Waals surface area (Å²) in [6, 6.07) is 17.0. The summed E-state index contributed by atoms with van der Waals surface area (Å²) in [5.74, 6) is 0.650. The molecule has 2 rings (SSSR count). The van der Waals surface area contributed by atoms with Crippen molar-refractivity contribution in [1.29, 1.82) is 0 Å². The van der Waals surface area contributed by atoms with Crippen LogP contribution in [0, 0.1) is 0 Å². The van der Waals surface area contributed by atoms with Crippen LogP contribution >= 0.6 is 31.9 Å². The molecule has 0 bridgehead atoms. The minimum absolute atomic E-state index is 0.100. The first-order valence-electron chi connectivity index (χ1n) is 6.40. The zero-order valence-corrected chi connectivity index (χ0v) is 14.6. The summed E-state index contributed by atoms with van der Waals surface area (Å²) in [4.78, 5) is 11.8. The number of carbonyl (C=O) groups is 1. The van der Waals surface area contributed by atoms with Crippen LogP contribution in [0.4, 0.5) is 5.69 Å². The van der Waals surface area contributed by atoms with E-state index < -0.39 is 0 Å². The van der Waals surface area contributed by atoms with Crippen molar-refractivity contribution in [2.24, 2.45) is 0 Å². The number of anilines is 1. The molecule has 0 aliphatic heterocycles. The second-order valence-corrected chi connectivity index (χ2v) is 6.40. The zero-order chi connectivity index (χ0) is 15.2. The Morgan fingerprint density at radius 2 is 1.67 bits per heavy atom. The summed E-state index contributed by atoms with van der Waals surface area (Å²) in [6.07, 6.45) is 0. The number of benzene rings is 2. The van der Waals surface area contributed by atoms with E-state index in [1.165, 1.54) is 0 Å². The maximum Gasteiger partial charge on any atom is 0.239 e. The molecular formula is C16H15Br2NO2. The molecule has 0 saturated carbocycles. The maximum atomic E-state index is 12.3. The van der Waals surface area contributed by atoms with Gasteiger partial charge < -0.3 is 10.1 Å². The van der Waals surface area contributed by atoms with E-state index >= 15 is 0 Å². The van der Waals surface area contributed by atoms with Gasteiger partial charge in [-0.1, -0.05) is 62.2 Å². The molecule has 2 atom stereocenters. The van der Waals surface area contributed by atoms with E-state index in [1.54, 1.807) is 7.11 Å². The lowest BCUT2D eigenvalue weighted by Crippen LogP contribution is -2.26. The molecule has 0 spiro atoms. The van der Waals surface area contributed by atoms with Crippen molar-refractivity contribution < 1.29 is 9.53 Å². The van der Waals surface area contributed by atoms with Crippen LogP contribution < -0.4 is 10.1 Å². The third-order valence-corrected chi connectivity index (χ3v) is 5.69. The smallest absolute Gasteiger partial charge is 0.239 e. The van der Waals surface area contributed by atoms with E-state index in [4.69, 9.17) is 4.74 Å². The van der Waals surface area contributed by atoms with Gasteiger partial charge in [0, 0.05) is 5.69 Å². The van der Waals surface area contributed by atoms with E-state index in [1.807, 2.05) is 54.6 Å². The van der Waals surface area contributed by atoms with Gasteiger partial charge in [0.1, 0.15) is 10.6 Å². The van der Waals surface area contributed by atoms with Gasteiger partial charge in [-0.25, -0.2) is 0 Å². The molecule has 0 saturated heterocycles. The van der Waals surface area contributed by atoms with Gasteiger partial charge in [-0.05, 0) is 29.8 Å². The Morgan fingerprint density at radius 1 is 1.05 bits per heavy atom. The highest BCUT2D eigenvalue weighted by atomic mass is 79.9. The molecule has 21 heavy (non-hydrogen) atoms. The van der Waals surface area contributed by atoms with Gasteiger partial charge in [0.25, 0.3) is 0 Å². The molecule has 0 heterocycles. The number of halogens is 2. The predicted octanol–water partition coefficient (Wildman–Crippen LogP) is 4.53. The third-order valence-electron chi connectivity index (χ3n) is 2.98. The first-order valence-corrected chi connectivity index (χ1v) is 8.23. The van der Waals surface area contributed by atoms with Crippen LogP contribution in [0.2, 0.25) is 0 Å². The van der Waals surface area contributed by atoms with Crippen molar-refractivity contribution in [3.05, 3.63) is 60.2 Å². The number of hydrogen-bond acceptors (Lipinski definition) is 2. The third kappa shape index (κ3) is 4.32. The number of ether oxygens (including phenoxy) is 1. The highest BCUT2D eigenvalue weighted by Crippen LogP contribution is 2.31. The second kappa shape index (κ2) is 7.61. The van der Waals surface area contributed by atoms with E-state index in [0.717, 1.165) is 17.0 Å². The van der Waals surface area contributed by atoms with Crippen molar-refractivity contribution in [1.82, 2.24) is 0 Å².